The van der Waals surface area contributed by atoms with Gasteiger partial charge in [0.15, 0.2) is 0 Å². The highest BCUT2D eigenvalue weighted by Gasteiger charge is 2.03. The van der Waals surface area contributed by atoms with Gasteiger partial charge in [0.2, 0.25) is 0 Å². The van der Waals surface area contributed by atoms with Crippen LogP contribution in [0.25, 0.3) is 0 Å². The lowest BCUT2D eigenvalue weighted by atomic mass is 10.2. The zero-order valence-electron chi connectivity index (χ0n) is 10.3. The Kier molecular flexibility index (Phi) is 6.58. The van der Waals surface area contributed by atoms with Gasteiger partial charge in [-0.25, -0.2) is 0 Å². The van der Waals surface area contributed by atoms with Gasteiger partial charge in [-0.2, -0.15) is 0 Å². The Bertz CT molecular complexity index is 285. The first kappa shape index (κ1) is 13.6. The highest BCUT2D eigenvalue weighted by Crippen LogP contribution is 2.09. The molecular weight excluding hydrogens is 222 g/mol. The maximum Gasteiger partial charge on any atom is 0.118 e. The van der Waals surface area contributed by atoms with Crippen molar-refractivity contribution in [2.45, 2.75) is 39.2 Å². The molecule has 1 heterocycles. The summed E-state index contributed by atoms with van der Waals surface area (Å²) in [5.41, 5.74) is 0. The van der Waals surface area contributed by atoms with Crippen molar-refractivity contribution in [2.75, 3.05) is 19.5 Å². The van der Waals surface area contributed by atoms with Crippen LogP contribution < -0.4 is 0 Å². The van der Waals surface area contributed by atoms with Crippen LogP contribution in [0.1, 0.15) is 37.2 Å². The van der Waals surface area contributed by atoms with Gasteiger partial charge in [0.1, 0.15) is 11.5 Å². The Hall–Kier alpha value is -0.470. The molecule has 1 aromatic heterocycles. The van der Waals surface area contributed by atoms with Crippen molar-refractivity contribution < 1.29 is 4.42 Å². The van der Waals surface area contributed by atoms with Gasteiger partial charge >= 0.3 is 0 Å². The first-order chi connectivity index (χ1) is 7.72. The molecule has 0 aliphatic carbocycles. The van der Waals surface area contributed by atoms with Crippen molar-refractivity contribution in [3.05, 3.63) is 23.7 Å². The Balaban J connectivity index is 2.09. The number of aryl methyl sites for hydroxylation is 1. The van der Waals surface area contributed by atoms with Gasteiger partial charge in [-0.15, -0.1) is 11.6 Å². The molecule has 0 atom stereocenters. The van der Waals surface area contributed by atoms with Gasteiger partial charge in [0.25, 0.3) is 0 Å². The average Bonchev–Trinajstić information content (AvgIpc) is 2.63. The summed E-state index contributed by atoms with van der Waals surface area (Å²) in [5.74, 6) is 2.84. The maximum absolute atomic E-state index is 5.63. The number of alkyl halides is 1. The minimum absolute atomic E-state index is 0.793. The Labute approximate surface area is 104 Å². The second-order valence-electron chi connectivity index (χ2n) is 4.35. The molecular formula is C13H22ClNO. The van der Waals surface area contributed by atoms with Crippen LogP contribution in [0.15, 0.2) is 16.5 Å². The number of rotatable bonds is 8. The van der Waals surface area contributed by atoms with E-state index in [0.29, 0.717) is 0 Å². The second kappa shape index (κ2) is 7.75. The first-order valence-electron chi connectivity index (χ1n) is 6.02. The zero-order chi connectivity index (χ0) is 11.8. The molecule has 0 radical (unpaired) electrons. The highest BCUT2D eigenvalue weighted by molar-refractivity contribution is 6.17. The molecule has 0 aliphatic rings. The highest BCUT2D eigenvalue weighted by atomic mass is 35.5. The molecule has 0 saturated carbocycles. The Morgan fingerprint density at radius 3 is 2.56 bits per heavy atom. The van der Waals surface area contributed by atoms with Gasteiger partial charge < -0.3 is 4.42 Å². The summed E-state index contributed by atoms with van der Waals surface area (Å²) >= 11 is 5.63. The van der Waals surface area contributed by atoms with Crippen molar-refractivity contribution >= 4 is 11.6 Å². The van der Waals surface area contributed by atoms with E-state index in [9.17, 15) is 0 Å². The third-order valence-corrected chi connectivity index (χ3v) is 2.91. The van der Waals surface area contributed by atoms with E-state index >= 15 is 0 Å². The normalized spacial score (nSPS) is 11.2. The summed E-state index contributed by atoms with van der Waals surface area (Å²) in [5, 5.41) is 0. The van der Waals surface area contributed by atoms with Gasteiger partial charge in [-0.3, -0.25) is 4.90 Å². The van der Waals surface area contributed by atoms with Gasteiger partial charge in [-0.05, 0) is 45.5 Å². The summed E-state index contributed by atoms with van der Waals surface area (Å²) < 4.78 is 5.54. The lowest BCUT2D eigenvalue weighted by molar-refractivity contribution is 0.285. The molecule has 0 fully saturated rings. The molecule has 0 spiro atoms. The van der Waals surface area contributed by atoms with Gasteiger partial charge in [0, 0.05) is 5.88 Å². The van der Waals surface area contributed by atoms with Crippen molar-refractivity contribution in [1.29, 1.82) is 0 Å². The van der Waals surface area contributed by atoms with Crippen LogP contribution >= 0.6 is 11.6 Å². The molecule has 0 amide bonds. The van der Waals surface area contributed by atoms with Crippen molar-refractivity contribution in [1.82, 2.24) is 4.90 Å². The predicted octanol–water partition coefficient (Wildman–Crippen LogP) is 3.82. The fraction of sp³-hybridized carbons (Fsp3) is 0.692. The van der Waals surface area contributed by atoms with E-state index in [0.717, 1.165) is 36.9 Å². The molecule has 3 heteroatoms. The monoisotopic (exact) mass is 243 g/mol. The molecule has 0 bridgehead atoms. The molecule has 0 saturated heterocycles. The van der Waals surface area contributed by atoms with E-state index in [4.69, 9.17) is 16.0 Å². The molecule has 16 heavy (non-hydrogen) atoms. The summed E-state index contributed by atoms with van der Waals surface area (Å²) in [6, 6.07) is 4.07. The fourth-order valence-electron chi connectivity index (χ4n) is 1.74. The largest absolute Gasteiger partial charge is 0.465 e. The minimum atomic E-state index is 0.793. The van der Waals surface area contributed by atoms with E-state index in [1.807, 2.05) is 13.0 Å². The smallest absolute Gasteiger partial charge is 0.118 e. The number of hydrogen-bond acceptors (Lipinski definition) is 2. The lowest BCUT2D eigenvalue weighted by Gasteiger charge is -2.14. The van der Waals surface area contributed by atoms with Crippen LogP contribution in [0.2, 0.25) is 0 Å². The van der Waals surface area contributed by atoms with Crippen molar-refractivity contribution in [2.24, 2.45) is 0 Å². The topological polar surface area (TPSA) is 16.4 Å². The molecule has 1 rings (SSSR count). The zero-order valence-corrected chi connectivity index (χ0v) is 11.1. The quantitative estimate of drug-likeness (QED) is 0.510. The standard InChI is InChI=1S/C13H22ClNO/c1-12-7-8-13(16-12)11-15(2)10-6-4-3-5-9-14/h7-8H,3-6,9-11H2,1-2H3. The number of halogens is 1. The average molecular weight is 244 g/mol. The molecule has 0 aliphatic heterocycles. The van der Waals surface area contributed by atoms with Gasteiger partial charge in [0.05, 0.1) is 6.54 Å². The summed E-state index contributed by atoms with van der Waals surface area (Å²) in [4.78, 5) is 2.30. The van der Waals surface area contributed by atoms with Gasteiger partial charge in [-0.1, -0.05) is 12.8 Å². The number of unbranched alkanes of at least 4 members (excludes halogenated alkanes) is 3. The molecule has 0 unspecified atom stereocenters. The third-order valence-electron chi connectivity index (χ3n) is 2.65. The SMILES string of the molecule is Cc1ccc(CN(C)CCCCCCCl)o1. The maximum atomic E-state index is 5.63. The molecule has 2 nitrogen and oxygen atoms in total. The summed E-state index contributed by atoms with van der Waals surface area (Å²) in [6.07, 6.45) is 4.90. The van der Waals surface area contributed by atoms with E-state index < -0.39 is 0 Å². The first-order valence-corrected chi connectivity index (χ1v) is 6.55. The fourth-order valence-corrected chi connectivity index (χ4v) is 1.93. The number of hydrogen-bond donors (Lipinski definition) is 0. The van der Waals surface area contributed by atoms with Crippen LogP contribution in [0.5, 0.6) is 0 Å². The van der Waals surface area contributed by atoms with Crippen LogP contribution in [0.3, 0.4) is 0 Å². The third kappa shape index (κ3) is 5.57. The van der Waals surface area contributed by atoms with Crippen LogP contribution in [-0.4, -0.2) is 24.4 Å². The molecule has 92 valence electrons. The van der Waals surface area contributed by atoms with E-state index in [2.05, 4.69) is 18.0 Å². The van der Waals surface area contributed by atoms with E-state index in [-0.39, 0.29) is 0 Å². The lowest BCUT2D eigenvalue weighted by Crippen LogP contribution is -2.18. The van der Waals surface area contributed by atoms with Crippen LogP contribution in [0, 0.1) is 6.92 Å². The van der Waals surface area contributed by atoms with E-state index in [1.165, 1.54) is 19.3 Å². The van der Waals surface area contributed by atoms with Crippen molar-refractivity contribution in [3.63, 3.8) is 0 Å². The molecule has 1 aromatic rings. The summed E-state index contributed by atoms with van der Waals surface area (Å²) in [7, 11) is 2.14. The van der Waals surface area contributed by atoms with Crippen LogP contribution in [0.4, 0.5) is 0 Å². The second-order valence-corrected chi connectivity index (χ2v) is 4.73. The Morgan fingerprint density at radius 1 is 1.19 bits per heavy atom. The van der Waals surface area contributed by atoms with E-state index in [1.54, 1.807) is 0 Å². The van der Waals surface area contributed by atoms with Crippen molar-refractivity contribution in [3.8, 4) is 0 Å². The Morgan fingerprint density at radius 2 is 1.94 bits per heavy atom. The summed E-state index contributed by atoms with van der Waals surface area (Å²) in [6.45, 7) is 4.01. The number of nitrogens with zero attached hydrogens (tertiary/aromatic N) is 1. The van der Waals surface area contributed by atoms with Crippen LogP contribution in [-0.2, 0) is 6.54 Å². The molecule has 0 aromatic carbocycles. The minimum Gasteiger partial charge on any atom is -0.465 e. The predicted molar refractivity (Wildman–Crippen MR) is 69.0 cm³/mol. The molecule has 0 N–H and O–H groups in total. The number of furan rings is 1.